The van der Waals surface area contributed by atoms with Crippen LogP contribution in [0.5, 0.6) is 0 Å². The van der Waals surface area contributed by atoms with Gasteiger partial charge in [-0.1, -0.05) is 23.2 Å². The molecule has 0 spiro atoms. The maximum atomic E-state index is 12.4. The maximum absolute atomic E-state index is 12.4. The van der Waals surface area contributed by atoms with Crippen molar-refractivity contribution in [3.63, 3.8) is 0 Å². The van der Waals surface area contributed by atoms with Gasteiger partial charge in [0, 0.05) is 50.7 Å². The van der Waals surface area contributed by atoms with E-state index in [0.29, 0.717) is 28.7 Å². The Labute approximate surface area is 168 Å². The van der Waals surface area contributed by atoms with E-state index < -0.39 is 0 Å². The van der Waals surface area contributed by atoms with Crippen molar-refractivity contribution >= 4 is 35.0 Å². The minimum Gasteiger partial charge on any atom is -0.343 e. The van der Waals surface area contributed by atoms with Crippen LogP contribution in [0.2, 0.25) is 10.0 Å². The number of benzene rings is 1. The monoisotopic (exact) mass is 406 g/mol. The minimum absolute atomic E-state index is 0.0383. The molecule has 1 saturated heterocycles. The number of rotatable bonds is 5. The summed E-state index contributed by atoms with van der Waals surface area (Å²) in [6.07, 6.45) is 3.57. The molecule has 0 unspecified atom stereocenters. The van der Waals surface area contributed by atoms with E-state index in [-0.39, 0.29) is 18.4 Å². The summed E-state index contributed by atoms with van der Waals surface area (Å²) in [6.45, 7) is 3.70. The van der Waals surface area contributed by atoms with Crippen molar-refractivity contribution in [1.29, 1.82) is 0 Å². The first-order valence-electron chi connectivity index (χ1n) is 8.65. The Morgan fingerprint density at radius 1 is 1.00 bits per heavy atom. The van der Waals surface area contributed by atoms with Crippen molar-refractivity contribution in [2.75, 3.05) is 32.7 Å². The number of amides is 2. The van der Waals surface area contributed by atoms with E-state index in [4.69, 9.17) is 23.2 Å². The molecule has 3 rings (SSSR count). The average molecular weight is 407 g/mol. The molecule has 0 bridgehead atoms. The van der Waals surface area contributed by atoms with Gasteiger partial charge in [-0.25, -0.2) is 0 Å². The summed E-state index contributed by atoms with van der Waals surface area (Å²) >= 11 is 11.8. The van der Waals surface area contributed by atoms with E-state index in [0.717, 1.165) is 19.6 Å². The number of nitrogens with zero attached hydrogens (tertiary/aromatic N) is 3. The second kappa shape index (κ2) is 9.17. The van der Waals surface area contributed by atoms with Crippen molar-refractivity contribution < 1.29 is 9.59 Å². The lowest BCUT2D eigenvalue weighted by Gasteiger charge is -2.34. The van der Waals surface area contributed by atoms with Gasteiger partial charge in [-0.2, -0.15) is 0 Å². The van der Waals surface area contributed by atoms with Crippen LogP contribution in [0.1, 0.15) is 15.9 Å². The third kappa shape index (κ3) is 5.42. The molecule has 0 radical (unpaired) electrons. The summed E-state index contributed by atoms with van der Waals surface area (Å²) in [5.74, 6) is -0.440. The summed E-state index contributed by atoms with van der Waals surface area (Å²) in [5.41, 5.74) is 1.58. The number of pyridine rings is 1. The van der Waals surface area contributed by atoms with Crippen LogP contribution in [0.3, 0.4) is 0 Å². The Morgan fingerprint density at radius 3 is 2.37 bits per heavy atom. The molecule has 1 aromatic heterocycles. The van der Waals surface area contributed by atoms with Gasteiger partial charge < -0.3 is 10.2 Å². The molecule has 2 aromatic rings. The highest BCUT2D eigenvalue weighted by atomic mass is 35.5. The molecule has 2 heterocycles. The maximum Gasteiger partial charge on any atom is 0.251 e. The van der Waals surface area contributed by atoms with Crippen LogP contribution in [0.25, 0.3) is 0 Å². The van der Waals surface area contributed by atoms with Crippen molar-refractivity contribution in [1.82, 2.24) is 20.1 Å². The molecule has 1 N–H and O–H groups in total. The average Bonchev–Trinajstić information content (AvgIpc) is 2.69. The SMILES string of the molecule is O=C(NCC(=O)N1CCN(Cc2ccncc2)CC1)c1ccc(Cl)c(Cl)c1. The number of halogens is 2. The van der Waals surface area contributed by atoms with Gasteiger partial charge in [0.2, 0.25) is 5.91 Å². The van der Waals surface area contributed by atoms with Gasteiger partial charge in [-0.15, -0.1) is 0 Å². The van der Waals surface area contributed by atoms with Crippen LogP contribution in [-0.4, -0.2) is 59.3 Å². The van der Waals surface area contributed by atoms with Crippen molar-refractivity contribution in [3.05, 3.63) is 63.9 Å². The first-order chi connectivity index (χ1) is 13.0. The zero-order valence-electron chi connectivity index (χ0n) is 14.7. The molecular weight excluding hydrogens is 387 g/mol. The molecule has 27 heavy (non-hydrogen) atoms. The molecule has 2 amide bonds. The normalized spacial score (nSPS) is 14.8. The number of carbonyl (C=O) groups excluding carboxylic acids is 2. The van der Waals surface area contributed by atoms with E-state index in [1.54, 1.807) is 29.4 Å². The highest BCUT2D eigenvalue weighted by Gasteiger charge is 2.21. The highest BCUT2D eigenvalue weighted by molar-refractivity contribution is 6.42. The second-order valence-electron chi connectivity index (χ2n) is 6.32. The smallest absolute Gasteiger partial charge is 0.251 e. The summed E-state index contributed by atoms with van der Waals surface area (Å²) in [5, 5.41) is 3.33. The van der Waals surface area contributed by atoms with E-state index in [9.17, 15) is 9.59 Å². The second-order valence-corrected chi connectivity index (χ2v) is 7.14. The Balaban J connectivity index is 1.44. The molecule has 0 saturated carbocycles. The number of piperazine rings is 1. The van der Waals surface area contributed by atoms with Gasteiger partial charge in [-0.3, -0.25) is 19.5 Å². The van der Waals surface area contributed by atoms with E-state index in [2.05, 4.69) is 15.2 Å². The molecular formula is C19H20Cl2N4O2. The third-order valence-corrected chi connectivity index (χ3v) is 5.20. The Kier molecular flexibility index (Phi) is 6.66. The fourth-order valence-electron chi connectivity index (χ4n) is 2.91. The fraction of sp³-hybridized carbons (Fsp3) is 0.316. The van der Waals surface area contributed by atoms with Crippen LogP contribution in [0, 0.1) is 0 Å². The Bertz CT molecular complexity index is 809. The van der Waals surface area contributed by atoms with Crippen LogP contribution < -0.4 is 5.32 Å². The Morgan fingerprint density at radius 2 is 1.70 bits per heavy atom. The van der Waals surface area contributed by atoms with E-state index in [1.165, 1.54) is 11.6 Å². The molecule has 0 aliphatic carbocycles. The van der Waals surface area contributed by atoms with Crippen molar-refractivity contribution in [2.45, 2.75) is 6.54 Å². The summed E-state index contributed by atoms with van der Waals surface area (Å²) in [4.78, 5) is 32.6. The zero-order chi connectivity index (χ0) is 19.2. The quantitative estimate of drug-likeness (QED) is 0.827. The van der Waals surface area contributed by atoms with Gasteiger partial charge in [0.05, 0.1) is 16.6 Å². The summed E-state index contributed by atoms with van der Waals surface area (Å²) in [7, 11) is 0. The van der Waals surface area contributed by atoms with E-state index in [1.807, 2.05) is 12.1 Å². The molecule has 1 aliphatic heterocycles. The minimum atomic E-state index is -0.349. The molecule has 1 aliphatic rings. The molecule has 8 heteroatoms. The van der Waals surface area contributed by atoms with Gasteiger partial charge >= 0.3 is 0 Å². The van der Waals surface area contributed by atoms with Gasteiger partial charge in [-0.05, 0) is 35.9 Å². The van der Waals surface area contributed by atoms with Crippen molar-refractivity contribution in [3.8, 4) is 0 Å². The first kappa shape index (κ1) is 19.6. The molecule has 1 fully saturated rings. The van der Waals surface area contributed by atoms with Gasteiger partial charge in [0.25, 0.3) is 5.91 Å². The standard InChI is InChI=1S/C19H20Cl2N4O2/c20-16-2-1-15(11-17(16)21)19(27)23-12-18(26)25-9-7-24(8-10-25)13-14-3-5-22-6-4-14/h1-6,11H,7-10,12-13H2,(H,23,27). The summed E-state index contributed by atoms with van der Waals surface area (Å²) in [6, 6.07) is 8.61. The molecule has 0 atom stereocenters. The molecule has 6 nitrogen and oxygen atoms in total. The van der Waals surface area contributed by atoms with Crippen LogP contribution >= 0.6 is 23.2 Å². The van der Waals surface area contributed by atoms with Crippen LogP contribution in [0.4, 0.5) is 0 Å². The lowest BCUT2D eigenvalue weighted by atomic mass is 10.2. The largest absolute Gasteiger partial charge is 0.343 e. The number of aromatic nitrogens is 1. The van der Waals surface area contributed by atoms with Gasteiger partial charge in [0.1, 0.15) is 0 Å². The number of hydrogen-bond donors (Lipinski definition) is 1. The zero-order valence-corrected chi connectivity index (χ0v) is 16.2. The van der Waals surface area contributed by atoms with Crippen LogP contribution in [-0.2, 0) is 11.3 Å². The Hall–Kier alpha value is -2.15. The first-order valence-corrected chi connectivity index (χ1v) is 9.41. The summed E-state index contributed by atoms with van der Waals surface area (Å²) < 4.78 is 0. The third-order valence-electron chi connectivity index (χ3n) is 4.46. The number of carbonyl (C=O) groups is 2. The predicted octanol–water partition coefficient (Wildman–Crippen LogP) is 2.46. The van der Waals surface area contributed by atoms with Crippen LogP contribution in [0.15, 0.2) is 42.7 Å². The highest BCUT2D eigenvalue weighted by Crippen LogP contribution is 2.22. The molecule has 142 valence electrons. The topological polar surface area (TPSA) is 65.5 Å². The predicted molar refractivity (Wildman–Crippen MR) is 105 cm³/mol. The van der Waals surface area contributed by atoms with Gasteiger partial charge in [0.15, 0.2) is 0 Å². The fourth-order valence-corrected chi connectivity index (χ4v) is 3.21. The number of nitrogens with one attached hydrogen (secondary N) is 1. The lowest BCUT2D eigenvalue weighted by molar-refractivity contribution is -0.131. The number of hydrogen-bond acceptors (Lipinski definition) is 4. The molecule has 1 aromatic carbocycles. The van der Waals surface area contributed by atoms with Crippen molar-refractivity contribution in [2.24, 2.45) is 0 Å². The lowest BCUT2D eigenvalue weighted by Crippen LogP contribution is -2.50. The van der Waals surface area contributed by atoms with E-state index >= 15 is 0 Å².